The molecule has 14 heavy (non-hydrogen) atoms. The molecule has 0 aliphatic heterocycles. The molecule has 1 heterocycles. The Morgan fingerprint density at radius 2 is 2.29 bits per heavy atom. The first-order valence-corrected chi connectivity index (χ1v) is 4.37. The molecule has 78 valence electrons. The summed E-state index contributed by atoms with van der Waals surface area (Å²) in [6, 6.07) is 1.63. The van der Waals surface area contributed by atoms with Crippen molar-refractivity contribution in [3.63, 3.8) is 0 Å². The number of nitrogen functional groups attached to an aromatic ring is 1. The molecule has 0 aliphatic carbocycles. The number of aromatic nitrogens is 2. The van der Waals surface area contributed by atoms with E-state index in [0.29, 0.717) is 5.82 Å². The third-order valence-electron chi connectivity index (χ3n) is 1.37. The fourth-order valence-corrected chi connectivity index (χ4v) is 0.971. The summed E-state index contributed by atoms with van der Waals surface area (Å²) >= 11 is 0. The predicted molar refractivity (Wildman–Crippen MR) is 52.5 cm³/mol. The number of hydrogen-bond acceptors (Lipinski definition) is 4. The Hall–Kier alpha value is -1.52. The zero-order chi connectivity index (χ0) is 10.8. The summed E-state index contributed by atoms with van der Waals surface area (Å²) in [6.07, 6.45) is 1.64. The molecule has 0 atom stereocenters. The average molecular weight is 197 g/mol. The second kappa shape index (κ2) is 3.69. The molecule has 2 N–H and O–H groups in total. The molecule has 0 saturated heterocycles. The maximum absolute atomic E-state index is 11.3. The minimum absolute atomic E-state index is 0.0917. The van der Waals surface area contributed by atoms with Crippen molar-refractivity contribution in [1.82, 2.24) is 9.78 Å². The van der Waals surface area contributed by atoms with Gasteiger partial charge in [-0.3, -0.25) is 9.48 Å². The summed E-state index contributed by atoms with van der Waals surface area (Å²) in [7, 11) is 0. The number of carbonyl (C=O) groups is 1. The number of carbonyl (C=O) groups excluding carboxylic acids is 1. The van der Waals surface area contributed by atoms with Gasteiger partial charge in [0.1, 0.15) is 18.0 Å². The van der Waals surface area contributed by atoms with Gasteiger partial charge in [0.25, 0.3) is 0 Å². The van der Waals surface area contributed by atoms with Gasteiger partial charge in [-0.05, 0) is 26.8 Å². The minimum atomic E-state index is -0.463. The van der Waals surface area contributed by atoms with E-state index in [2.05, 4.69) is 5.10 Å². The van der Waals surface area contributed by atoms with Crippen molar-refractivity contribution < 1.29 is 9.53 Å². The molecule has 0 saturated carbocycles. The van der Waals surface area contributed by atoms with Gasteiger partial charge in [0.2, 0.25) is 0 Å². The lowest BCUT2D eigenvalue weighted by Crippen LogP contribution is -2.26. The maximum Gasteiger partial charge on any atom is 0.328 e. The standard InChI is InChI=1S/C9H15N3O2/c1-9(2,3)14-8(13)6-12-5-4-7(10)11-12/h4-5H,6H2,1-3H3,(H2,10,11). The second-order valence-corrected chi connectivity index (χ2v) is 4.02. The van der Waals surface area contributed by atoms with E-state index in [4.69, 9.17) is 10.5 Å². The Morgan fingerprint density at radius 1 is 1.64 bits per heavy atom. The van der Waals surface area contributed by atoms with Gasteiger partial charge in [0.05, 0.1) is 0 Å². The topological polar surface area (TPSA) is 70.1 Å². The highest BCUT2D eigenvalue weighted by atomic mass is 16.6. The number of nitrogens with two attached hydrogens (primary N) is 1. The molecule has 0 spiro atoms. The molecule has 5 nitrogen and oxygen atoms in total. The molecule has 0 fully saturated rings. The second-order valence-electron chi connectivity index (χ2n) is 4.02. The summed E-state index contributed by atoms with van der Waals surface area (Å²) in [5.74, 6) is 0.0779. The first-order chi connectivity index (χ1) is 6.37. The van der Waals surface area contributed by atoms with Crippen LogP contribution in [0.5, 0.6) is 0 Å². The van der Waals surface area contributed by atoms with Crippen LogP contribution in [0.2, 0.25) is 0 Å². The fraction of sp³-hybridized carbons (Fsp3) is 0.556. The van der Waals surface area contributed by atoms with Gasteiger partial charge in [-0.1, -0.05) is 0 Å². The first kappa shape index (κ1) is 10.6. The number of anilines is 1. The van der Waals surface area contributed by atoms with E-state index < -0.39 is 5.60 Å². The molecule has 1 rings (SSSR count). The average Bonchev–Trinajstić information content (AvgIpc) is 2.30. The van der Waals surface area contributed by atoms with Crippen molar-refractivity contribution in [2.75, 3.05) is 5.73 Å². The van der Waals surface area contributed by atoms with Crippen molar-refractivity contribution in [3.8, 4) is 0 Å². The van der Waals surface area contributed by atoms with E-state index in [1.165, 1.54) is 4.68 Å². The van der Waals surface area contributed by atoms with Crippen LogP contribution < -0.4 is 5.73 Å². The Balaban J connectivity index is 2.50. The monoisotopic (exact) mass is 197 g/mol. The summed E-state index contributed by atoms with van der Waals surface area (Å²) in [6.45, 7) is 5.56. The SMILES string of the molecule is CC(C)(C)OC(=O)Cn1ccc(N)n1. The van der Waals surface area contributed by atoms with Crippen molar-refractivity contribution in [3.05, 3.63) is 12.3 Å². The van der Waals surface area contributed by atoms with Gasteiger partial charge in [-0.25, -0.2) is 0 Å². The lowest BCUT2D eigenvalue weighted by atomic mass is 10.2. The maximum atomic E-state index is 11.3. The normalized spacial score (nSPS) is 11.4. The van der Waals surface area contributed by atoms with Crippen LogP contribution in [0.3, 0.4) is 0 Å². The zero-order valence-corrected chi connectivity index (χ0v) is 8.65. The molecular formula is C9H15N3O2. The van der Waals surface area contributed by atoms with Crippen molar-refractivity contribution >= 4 is 11.8 Å². The lowest BCUT2D eigenvalue weighted by molar-refractivity contribution is -0.155. The predicted octanol–water partition coefficient (Wildman–Crippen LogP) is 0.807. The Kier molecular flexibility index (Phi) is 2.78. The van der Waals surface area contributed by atoms with E-state index in [9.17, 15) is 4.79 Å². The van der Waals surface area contributed by atoms with Crippen LogP contribution in [0.15, 0.2) is 12.3 Å². The van der Waals surface area contributed by atoms with Crippen LogP contribution in [0.25, 0.3) is 0 Å². The van der Waals surface area contributed by atoms with Gasteiger partial charge in [-0.15, -0.1) is 0 Å². The van der Waals surface area contributed by atoms with Crippen molar-refractivity contribution in [2.45, 2.75) is 32.9 Å². The summed E-state index contributed by atoms with van der Waals surface area (Å²) < 4.78 is 6.56. The van der Waals surface area contributed by atoms with Crippen LogP contribution >= 0.6 is 0 Å². The molecule has 1 aromatic heterocycles. The number of hydrogen-bond donors (Lipinski definition) is 1. The summed E-state index contributed by atoms with van der Waals surface area (Å²) in [4.78, 5) is 11.3. The highest BCUT2D eigenvalue weighted by Crippen LogP contribution is 2.07. The lowest BCUT2D eigenvalue weighted by Gasteiger charge is -2.19. The molecule has 0 amide bonds. The highest BCUT2D eigenvalue weighted by molar-refractivity contribution is 5.69. The van der Waals surface area contributed by atoms with Crippen LogP contribution in [0.4, 0.5) is 5.82 Å². The highest BCUT2D eigenvalue weighted by Gasteiger charge is 2.16. The Morgan fingerprint density at radius 3 is 2.71 bits per heavy atom. The summed E-state index contributed by atoms with van der Waals surface area (Å²) in [5.41, 5.74) is 4.93. The Labute approximate surface area is 82.8 Å². The van der Waals surface area contributed by atoms with E-state index in [1.54, 1.807) is 12.3 Å². The third-order valence-corrected chi connectivity index (χ3v) is 1.37. The molecule has 0 aliphatic rings. The van der Waals surface area contributed by atoms with Crippen LogP contribution in [0, 0.1) is 0 Å². The van der Waals surface area contributed by atoms with E-state index >= 15 is 0 Å². The van der Waals surface area contributed by atoms with Crippen LogP contribution in [0.1, 0.15) is 20.8 Å². The summed E-state index contributed by atoms with van der Waals surface area (Å²) in [5, 5.41) is 3.87. The number of nitrogens with zero attached hydrogens (tertiary/aromatic N) is 2. The fourth-order valence-electron chi connectivity index (χ4n) is 0.971. The van der Waals surface area contributed by atoms with Crippen LogP contribution in [-0.2, 0) is 16.1 Å². The molecule has 0 unspecified atom stereocenters. The molecule has 5 heteroatoms. The van der Waals surface area contributed by atoms with Gasteiger partial charge in [-0.2, -0.15) is 5.10 Å². The quantitative estimate of drug-likeness (QED) is 0.712. The Bertz CT molecular complexity index is 325. The van der Waals surface area contributed by atoms with E-state index in [-0.39, 0.29) is 12.5 Å². The van der Waals surface area contributed by atoms with E-state index in [1.807, 2.05) is 20.8 Å². The number of ether oxygens (including phenoxy) is 1. The first-order valence-electron chi connectivity index (χ1n) is 4.37. The molecule has 1 aromatic rings. The van der Waals surface area contributed by atoms with Gasteiger partial charge in [0.15, 0.2) is 0 Å². The molecule has 0 radical (unpaired) electrons. The van der Waals surface area contributed by atoms with Gasteiger partial charge >= 0.3 is 5.97 Å². The van der Waals surface area contributed by atoms with Crippen molar-refractivity contribution in [1.29, 1.82) is 0 Å². The largest absolute Gasteiger partial charge is 0.459 e. The van der Waals surface area contributed by atoms with Crippen LogP contribution in [-0.4, -0.2) is 21.4 Å². The zero-order valence-electron chi connectivity index (χ0n) is 8.65. The minimum Gasteiger partial charge on any atom is -0.459 e. The molecule has 0 aromatic carbocycles. The van der Waals surface area contributed by atoms with E-state index in [0.717, 1.165) is 0 Å². The molecule has 0 bridgehead atoms. The number of esters is 1. The van der Waals surface area contributed by atoms with Gasteiger partial charge < -0.3 is 10.5 Å². The third kappa shape index (κ3) is 3.47. The molecular weight excluding hydrogens is 182 g/mol. The number of rotatable bonds is 2. The van der Waals surface area contributed by atoms with Crippen molar-refractivity contribution in [2.24, 2.45) is 0 Å². The smallest absolute Gasteiger partial charge is 0.328 e. The van der Waals surface area contributed by atoms with Gasteiger partial charge in [0, 0.05) is 6.20 Å².